The van der Waals surface area contributed by atoms with E-state index in [0.717, 1.165) is 5.69 Å². The van der Waals surface area contributed by atoms with Crippen molar-refractivity contribution in [1.29, 1.82) is 0 Å². The van der Waals surface area contributed by atoms with Crippen LogP contribution in [0.15, 0.2) is 18.3 Å². The molecule has 0 saturated heterocycles. The molecule has 0 spiro atoms. The summed E-state index contributed by atoms with van der Waals surface area (Å²) in [5, 5.41) is 9.99. The maximum absolute atomic E-state index is 12.8. The Morgan fingerprint density at radius 1 is 1.25 bits per heavy atom. The number of hydrogen-bond acceptors (Lipinski definition) is 3. The molecule has 2 rings (SSSR count). The van der Waals surface area contributed by atoms with Crippen LogP contribution in [0.25, 0.3) is 0 Å². The van der Waals surface area contributed by atoms with E-state index in [-0.39, 0.29) is 0 Å². The first-order valence-corrected chi connectivity index (χ1v) is 7.27. The summed E-state index contributed by atoms with van der Waals surface area (Å²) in [6, 6.07) is 2.46. The minimum atomic E-state index is -2.99. The van der Waals surface area contributed by atoms with Crippen molar-refractivity contribution in [2.75, 3.05) is 6.54 Å². The number of aromatic nitrogens is 4. The zero-order valence-corrected chi connectivity index (χ0v) is 12.9. The van der Waals surface area contributed by atoms with Crippen LogP contribution in [-0.2, 0) is 17.9 Å². The minimum absolute atomic E-state index is 0.311. The highest BCUT2D eigenvalue weighted by Crippen LogP contribution is 2.24. The molecular formula is C14H17F4N5O. The normalized spacial score (nSPS) is 11.5. The van der Waals surface area contributed by atoms with Gasteiger partial charge >= 0.3 is 0 Å². The molecule has 0 aliphatic rings. The molecule has 132 valence electrons. The second-order valence-corrected chi connectivity index (χ2v) is 5.15. The minimum Gasteiger partial charge on any atom is -0.354 e. The molecule has 0 unspecified atom stereocenters. The smallest absolute Gasteiger partial charge is 0.282 e. The average molecular weight is 347 g/mol. The summed E-state index contributed by atoms with van der Waals surface area (Å²) in [5.74, 6) is -0.571. The number of rotatable bonds is 8. The van der Waals surface area contributed by atoms with Crippen LogP contribution in [0, 0.1) is 6.92 Å². The van der Waals surface area contributed by atoms with Crippen LogP contribution in [0.2, 0.25) is 0 Å². The first-order valence-electron chi connectivity index (χ1n) is 7.27. The van der Waals surface area contributed by atoms with Crippen LogP contribution >= 0.6 is 0 Å². The molecule has 0 fully saturated rings. The Morgan fingerprint density at radius 3 is 2.58 bits per heavy atom. The molecule has 1 N–H and O–H groups in total. The molecule has 0 radical (unpaired) electrons. The van der Waals surface area contributed by atoms with E-state index in [1.807, 2.05) is 13.0 Å². The van der Waals surface area contributed by atoms with Crippen LogP contribution in [0.1, 0.15) is 36.4 Å². The Bertz CT molecular complexity index is 683. The Hall–Kier alpha value is -2.39. The maximum Gasteiger partial charge on any atom is 0.282 e. The lowest BCUT2D eigenvalue weighted by Crippen LogP contribution is -2.30. The number of carbonyl (C=O) groups excluding carboxylic acids is 1. The van der Waals surface area contributed by atoms with Gasteiger partial charge < -0.3 is 5.32 Å². The van der Waals surface area contributed by atoms with E-state index in [1.54, 1.807) is 10.9 Å². The van der Waals surface area contributed by atoms with Gasteiger partial charge in [0.2, 0.25) is 5.91 Å². The van der Waals surface area contributed by atoms with Gasteiger partial charge in [0.25, 0.3) is 12.9 Å². The maximum atomic E-state index is 12.8. The van der Waals surface area contributed by atoms with Crippen LogP contribution in [0.4, 0.5) is 17.6 Å². The summed E-state index contributed by atoms with van der Waals surface area (Å²) in [5.41, 5.74) is -0.487. The highest BCUT2D eigenvalue weighted by molar-refractivity contribution is 5.75. The largest absolute Gasteiger partial charge is 0.354 e. The number of hydrogen-bond donors (Lipinski definition) is 1. The SMILES string of the molecule is Cc1ccnn1CCCNC(=O)Cn1nc(C(F)F)cc1C(F)F. The lowest BCUT2D eigenvalue weighted by Gasteiger charge is -2.08. The third-order valence-corrected chi connectivity index (χ3v) is 3.37. The van der Waals surface area contributed by atoms with Gasteiger partial charge in [0, 0.05) is 25.0 Å². The predicted octanol–water partition coefficient (Wildman–Crippen LogP) is 2.47. The van der Waals surface area contributed by atoms with Gasteiger partial charge in [-0.25, -0.2) is 17.6 Å². The highest BCUT2D eigenvalue weighted by atomic mass is 19.3. The Kier molecular flexibility index (Phi) is 5.93. The van der Waals surface area contributed by atoms with E-state index in [4.69, 9.17) is 0 Å². The molecule has 2 aromatic heterocycles. The summed E-state index contributed by atoms with van der Waals surface area (Å²) < 4.78 is 53.1. The van der Waals surface area contributed by atoms with Crippen LogP contribution < -0.4 is 5.32 Å². The quantitative estimate of drug-likeness (QED) is 0.589. The molecular weight excluding hydrogens is 330 g/mol. The fourth-order valence-corrected chi connectivity index (χ4v) is 2.14. The lowest BCUT2D eigenvalue weighted by molar-refractivity contribution is -0.121. The second kappa shape index (κ2) is 7.93. The molecule has 10 heteroatoms. The number of amides is 1. The molecule has 2 aromatic rings. The van der Waals surface area contributed by atoms with Crippen molar-refractivity contribution in [3.8, 4) is 0 Å². The number of aryl methyl sites for hydroxylation is 2. The first-order chi connectivity index (χ1) is 11.4. The fraction of sp³-hybridized carbons (Fsp3) is 0.500. The molecule has 24 heavy (non-hydrogen) atoms. The van der Waals surface area contributed by atoms with Gasteiger partial charge in [-0.3, -0.25) is 14.2 Å². The Morgan fingerprint density at radius 2 is 2.00 bits per heavy atom. The zero-order chi connectivity index (χ0) is 17.7. The van der Waals surface area contributed by atoms with E-state index in [2.05, 4.69) is 15.5 Å². The summed E-state index contributed by atoms with van der Waals surface area (Å²) in [6.45, 7) is 2.27. The third kappa shape index (κ3) is 4.56. The van der Waals surface area contributed by atoms with E-state index < -0.39 is 36.7 Å². The number of nitrogens with zero attached hydrogens (tertiary/aromatic N) is 4. The molecule has 0 aromatic carbocycles. The van der Waals surface area contributed by atoms with Crippen molar-refractivity contribution in [1.82, 2.24) is 24.9 Å². The van der Waals surface area contributed by atoms with Crippen LogP contribution in [0.5, 0.6) is 0 Å². The molecule has 2 heterocycles. The number of carbonyl (C=O) groups is 1. The van der Waals surface area contributed by atoms with E-state index in [1.165, 1.54) is 0 Å². The fourth-order valence-electron chi connectivity index (χ4n) is 2.14. The number of halogens is 4. The van der Waals surface area contributed by atoms with Gasteiger partial charge in [0.1, 0.15) is 17.9 Å². The van der Waals surface area contributed by atoms with Gasteiger partial charge in [0.15, 0.2) is 0 Å². The first kappa shape index (κ1) is 18.0. The summed E-state index contributed by atoms with van der Waals surface area (Å²) in [6.07, 6.45) is -3.69. The van der Waals surface area contributed by atoms with Gasteiger partial charge in [-0.05, 0) is 25.5 Å². The topological polar surface area (TPSA) is 64.7 Å². The van der Waals surface area contributed by atoms with Gasteiger partial charge in [-0.1, -0.05) is 0 Å². The van der Waals surface area contributed by atoms with Crippen molar-refractivity contribution >= 4 is 5.91 Å². The predicted molar refractivity (Wildman–Crippen MR) is 76.7 cm³/mol. The van der Waals surface area contributed by atoms with Crippen molar-refractivity contribution in [3.63, 3.8) is 0 Å². The average Bonchev–Trinajstić information content (AvgIpc) is 3.10. The molecule has 0 bridgehead atoms. The van der Waals surface area contributed by atoms with Crippen LogP contribution in [0.3, 0.4) is 0 Å². The van der Waals surface area contributed by atoms with E-state index in [0.29, 0.717) is 30.3 Å². The van der Waals surface area contributed by atoms with Crippen molar-refractivity contribution in [3.05, 3.63) is 35.4 Å². The molecule has 1 amide bonds. The molecule has 0 aliphatic heterocycles. The standard InChI is InChI=1S/C14H17F4N5O/c1-9-3-5-20-22(9)6-2-4-19-12(24)8-23-11(14(17)18)7-10(21-23)13(15)16/h3,5,7,13-14H,2,4,6,8H2,1H3,(H,19,24). The Balaban J connectivity index is 1.84. The van der Waals surface area contributed by atoms with Gasteiger partial charge in [-0.2, -0.15) is 10.2 Å². The second-order valence-electron chi connectivity index (χ2n) is 5.15. The van der Waals surface area contributed by atoms with Crippen molar-refractivity contribution < 1.29 is 22.4 Å². The Labute approximate surface area is 135 Å². The van der Waals surface area contributed by atoms with E-state index in [9.17, 15) is 22.4 Å². The third-order valence-electron chi connectivity index (χ3n) is 3.37. The van der Waals surface area contributed by atoms with Gasteiger partial charge in [-0.15, -0.1) is 0 Å². The number of alkyl halides is 4. The number of nitrogens with one attached hydrogen (secondary N) is 1. The summed E-state index contributed by atoms with van der Waals surface area (Å²) in [4.78, 5) is 11.8. The molecule has 0 atom stereocenters. The van der Waals surface area contributed by atoms with E-state index >= 15 is 0 Å². The summed E-state index contributed by atoms with van der Waals surface area (Å²) >= 11 is 0. The lowest BCUT2D eigenvalue weighted by atomic mass is 10.3. The monoisotopic (exact) mass is 347 g/mol. The molecule has 6 nitrogen and oxygen atoms in total. The molecule has 0 aliphatic carbocycles. The zero-order valence-electron chi connectivity index (χ0n) is 12.9. The van der Waals surface area contributed by atoms with Crippen molar-refractivity contribution in [2.24, 2.45) is 0 Å². The van der Waals surface area contributed by atoms with Crippen LogP contribution in [-0.4, -0.2) is 32.0 Å². The molecule has 0 saturated carbocycles. The highest BCUT2D eigenvalue weighted by Gasteiger charge is 2.22. The van der Waals surface area contributed by atoms with Crippen molar-refractivity contribution in [2.45, 2.75) is 39.3 Å². The summed E-state index contributed by atoms with van der Waals surface area (Å²) in [7, 11) is 0. The van der Waals surface area contributed by atoms with Gasteiger partial charge in [0.05, 0.1) is 0 Å².